The van der Waals surface area contributed by atoms with Crippen molar-refractivity contribution in [2.24, 2.45) is 5.92 Å². The molecule has 0 unspecified atom stereocenters. The van der Waals surface area contributed by atoms with Gasteiger partial charge >= 0.3 is 0 Å². The van der Waals surface area contributed by atoms with Crippen LogP contribution in [0.2, 0.25) is 5.02 Å². The summed E-state index contributed by atoms with van der Waals surface area (Å²) in [4.78, 5) is 4.39. The van der Waals surface area contributed by atoms with E-state index in [1.807, 2.05) is 25.4 Å². The second-order valence-electron chi connectivity index (χ2n) is 8.52. The van der Waals surface area contributed by atoms with Crippen molar-refractivity contribution in [3.8, 4) is 5.88 Å². The molecule has 0 saturated heterocycles. The molecule has 2 rings (SSSR count). The predicted molar refractivity (Wildman–Crippen MR) is 135 cm³/mol. The number of allylic oxidation sites excluding steroid dienone is 4. The Hall–Kier alpha value is -2.20. The minimum Gasteiger partial charge on any atom is -0.493 e. The van der Waals surface area contributed by atoms with Crippen LogP contribution in [0, 0.1) is 5.92 Å². The average Bonchev–Trinajstić information content (AvgIpc) is 3.59. The summed E-state index contributed by atoms with van der Waals surface area (Å²) in [5, 5.41) is 3.95. The van der Waals surface area contributed by atoms with Crippen LogP contribution in [0.1, 0.15) is 71.8 Å². The van der Waals surface area contributed by atoms with E-state index in [0.29, 0.717) is 36.6 Å². The van der Waals surface area contributed by atoms with Crippen molar-refractivity contribution in [1.82, 2.24) is 10.3 Å². The molecule has 1 aliphatic carbocycles. The zero-order valence-corrected chi connectivity index (χ0v) is 20.9. The van der Waals surface area contributed by atoms with Crippen molar-refractivity contribution in [3.05, 3.63) is 70.3 Å². The molecule has 0 atom stereocenters. The van der Waals surface area contributed by atoms with Crippen molar-refractivity contribution in [2.75, 3.05) is 13.2 Å². The molecule has 0 spiro atoms. The lowest BCUT2D eigenvalue weighted by molar-refractivity contribution is 0.237. The third-order valence-electron chi connectivity index (χ3n) is 5.11. The van der Waals surface area contributed by atoms with E-state index in [2.05, 4.69) is 49.8 Å². The van der Waals surface area contributed by atoms with Gasteiger partial charge in [0.25, 0.3) is 0 Å². The standard InChI is InChI=1S/C27H39ClN2O2/c1-6-8-9-10-11-24(21(5)26(31-7-2)23-12-13-23)19-29-17-22-16-25(28)27(30-18-22)32-15-14-20(3)4/h9-10,16,18-20,29H,5-8,11-15,17H2,1-4H3/b10-9-,24-19+. The van der Waals surface area contributed by atoms with Gasteiger partial charge in [-0.1, -0.05) is 57.5 Å². The van der Waals surface area contributed by atoms with E-state index >= 15 is 0 Å². The molecule has 1 heterocycles. The molecule has 5 heteroatoms. The maximum atomic E-state index is 6.38. The number of nitrogens with one attached hydrogen (secondary N) is 1. The Morgan fingerprint density at radius 3 is 2.69 bits per heavy atom. The summed E-state index contributed by atoms with van der Waals surface area (Å²) in [6, 6.07) is 1.91. The Morgan fingerprint density at radius 2 is 2.06 bits per heavy atom. The van der Waals surface area contributed by atoms with E-state index in [-0.39, 0.29) is 0 Å². The van der Waals surface area contributed by atoms with E-state index in [9.17, 15) is 0 Å². The van der Waals surface area contributed by atoms with Crippen molar-refractivity contribution in [1.29, 1.82) is 0 Å². The third kappa shape index (κ3) is 9.12. The van der Waals surface area contributed by atoms with Crippen LogP contribution in [0.15, 0.2) is 59.7 Å². The molecule has 1 saturated carbocycles. The Kier molecular flexibility index (Phi) is 11.4. The molecule has 0 aliphatic heterocycles. The molecule has 4 nitrogen and oxygen atoms in total. The van der Waals surface area contributed by atoms with Gasteiger partial charge in [0.1, 0.15) is 10.8 Å². The van der Waals surface area contributed by atoms with Gasteiger partial charge < -0.3 is 14.8 Å². The highest BCUT2D eigenvalue weighted by atomic mass is 35.5. The first kappa shape index (κ1) is 26.1. The highest BCUT2D eigenvalue weighted by Gasteiger charge is 2.22. The molecular formula is C27H39ClN2O2. The van der Waals surface area contributed by atoms with Gasteiger partial charge in [-0.2, -0.15) is 0 Å². The summed E-state index contributed by atoms with van der Waals surface area (Å²) >= 11 is 6.38. The molecule has 0 aromatic carbocycles. The van der Waals surface area contributed by atoms with E-state index in [1.54, 1.807) is 0 Å². The van der Waals surface area contributed by atoms with E-state index < -0.39 is 0 Å². The summed E-state index contributed by atoms with van der Waals surface area (Å²) in [5.74, 6) is 2.06. The molecule has 0 radical (unpaired) electrons. The first-order valence-corrected chi connectivity index (χ1v) is 12.2. The van der Waals surface area contributed by atoms with Crippen LogP contribution in [-0.2, 0) is 11.3 Å². The Bertz CT molecular complexity index is 834. The summed E-state index contributed by atoms with van der Waals surface area (Å²) < 4.78 is 11.6. The zero-order chi connectivity index (χ0) is 23.3. The van der Waals surface area contributed by atoms with Crippen LogP contribution in [0.3, 0.4) is 0 Å². The molecule has 1 aromatic rings. The normalized spacial score (nSPS) is 13.6. The van der Waals surface area contributed by atoms with Gasteiger partial charge in [-0.25, -0.2) is 4.98 Å². The number of nitrogens with zero attached hydrogens (tertiary/aromatic N) is 1. The number of hydrogen-bond acceptors (Lipinski definition) is 4. The van der Waals surface area contributed by atoms with Gasteiger partial charge in [-0.15, -0.1) is 0 Å². The fourth-order valence-corrected chi connectivity index (χ4v) is 3.34. The lowest BCUT2D eigenvalue weighted by Crippen LogP contribution is -2.09. The largest absolute Gasteiger partial charge is 0.493 e. The van der Waals surface area contributed by atoms with Crippen LogP contribution in [0.4, 0.5) is 0 Å². The fourth-order valence-electron chi connectivity index (χ4n) is 3.10. The molecule has 176 valence electrons. The number of aromatic nitrogens is 1. The number of ether oxygens (including phenoxy) is 2. The molecule has 0 amide bonds. The number of hydrogen-bond donors (Lipinski definition) is 1. The van der Waals surface area contributed by atoms with E-state index in [4.69, 9.17) is 21.1 Å². The van der Waals surface area contributed by atoms with Gasteiger partial charge in [-0.05, 0) is 67.7 Å². The second kappa shape index (κ2) is 14.1. The van der Waals surface area contributed by atoms with Gasteiger partial charge in [0, 0.05) is 24.5 Å². The van der Waals surface area contributed by atoms with Crippen molar-refractivity contribution in [3.63, 3.8) is 0 Å². The lowest BCUT2D eigenvalue weighted by atomic mass is 10.0. The highest BCUT2D eigenvalue weighted by molar-refractivity contribution is 6.31. The van der Waals surface area contributed by atoms with E-state index in [0.717, 1.165) is 61.0 Å². The van der Waals surface area contributed by atoms with Crippen LogP contribution in [0.5, 0.6) is 5.88 Å². The fraction of sp³-hybridized carbons (Fsp3) is 0.519. The van der Waals surface area contributed by atoms with Crippen LogP contribution < -0.4 is 10.1 Å². The van der Waals surface area contributed by atoms with Gasteiger partial charge in [0.2, 0.25) is 5.88 Å². The molecule has 1 aliphatic rings. The summed E-state index contributed by atoms with van der Waals surface area (Å²) in [6.45, 7) is 14.8. The number of pyridine rings is 1. The topological polar surface area (TPSA) is 43.4 Å². The Morgan fingerprint density at radius 1 is 1.28 bits per heavy atom. The molecular weight excluding hydrogens is 420 g/mol. The Labute approximate surface area is 199 Å². The van der Waals surface area contributed by atoms with Crippen molar-refractivity contribution in [2.45, 2.75) is 72.8 Å². The zero-order valence-electron chi connectivity index (χ0n) is 20.2. The molecule has 1 fully saturated rings. The first-order valence-electron chi connectivity index (χ1n) is 11.8. The summed E-state index contributed by atoms with van der Waals surface area (Å²) in [7, 11) is 0. The smallest absolute Gasteiger partial charge is 0.232 e. The lowest BCUT2D eigenvalue weighted by Gasteiger charge is -2.15. The molecule has 1 N–H and O–H groups in total. The van der Waals surface area contributed by atoms with Crippen molar-refractivity contribution >= 4 is 11.6 Å². The number of unbranched alkanes of at least 4 members (excludes halogenated alkanes) is 1. The second-order valence-corrected chi connectivity index (χ2v) is 8.93. The number of rotatable bonds is 15. The summed E-state index contributed by atoms with van der Waals surface area (Å²) in [5.41, 5.74) is 4.47. The van der Waals surface area contributed by atoms with Crippen LogP contribution in [0.25, 0.3) is 0 Å². The van der Waals surface area contributed by atoms with Gasteiger partial charge in [0.05, 0.1) is 13.2 Å². The maximum Gasteiger partial charge on any atom is 0.232 e. The summed E-state index contributed by atoms with van der Waals surface area (Å²) in [6.07, 6.45) is 14.5. The molecule has 1 aromatic heterocycles. The van der Waals surface area contributed by atoms with Crippen LogP contribution >= 0.6 is 11.6 Å². The minimum atomic E-state index is 0.499. The minimum absolute atomic E-state index is 0.499. The maximum absolute atomic E-state index is 6.38. The van der Waals surface area contributed by atoms with Crippen LogP contribution in [-0.4, -0.2) is 18.2 Å². The van der Waals surface area contributed by atoms with E-state index in [1.165, 1.54) is 5.57 Å². The van der Waals surface area contributed by atoms with Crippen molar-refractivity contribution < 1.29 is 9.47 Å². The quantitative estimate of drug-likeness (QED) is 0.167. The SMILES string of the molecule is C=C(C(OCC)=C1CC1)/C(=C/NCc1cnc(OCCC(C)C)c(Cl)c1)C/C=C\CCC. The molecule has 32 heavy (non-hydrogen) atoms. The van der Waals surface area contributed by atoms with Gasteiger partial charge in [-0.3, -0.25) is 0 Å². The van der Waals surface area contributed by atoms with Gasteiger partial charge in [0.15, 0.2) is 0 Å². The first-order chi connectivity index (χ1) is 15.5. The Balaban J connectivity index is 2.03. The number of halogens is 1. The predicted octanol–water partition coefficient (Wildman–Crippen LogP) is 7.52. The third-order valence-corrected chi connectivity index (χ3v) is 5.38. The average molecular weight is 459 g/mol. The molecule has 0 bridgehead atoms. The monoisotopic (exact) mass is 458 g/mol. The highest BCUT2D eigenvalue weighted by Crippen LogP contribution is 2.37.